The van der Waals surface area contributed by atoms with E-state index >= 15 is 0 Å². The molecule has 0 aromatic rings. The van der Waals surface area contributed by atoms with E-state index in [1.807, 2.05) is 0 Å². The van der Waals surface area contributed by atoms with Crippen LogP contribution in [0, 0.1) is 5.92 Å². The van der Waals surface area contributed by atoms with Crippen LogP contribution in [0.4, 0.5) is 0 Å². The molecule has 0 bridgehead atoms. The van der Waals surface area contributed by atoms with E-state index in [9.17, 15) is 9.00 Å². The van der Waals surface area contributed by atoms with Crippen molar-refractivity contribution >= 4 is 16.7 Å². The number of nitrogens with two attached hydrogens (primary N) is 1. The zero-order valence-corrected chi connectivity index (χ0v) is 11.9. The minimum absolute atomic E-state index is 0.00623. The molecular weight excluding hydrogens is 248 g/mol. The molecule has 2 fully saturated rings. The van der Waals surface area contributed by atoms with Gasteiger partial charge in [-0.1, -0.05) is 19.8 Å². The molecule has 18 heavy (non-hydrogen) atoms. The Morgan fingerprint density at radius 3 is 2.61 bits per heavy atom. The third-order valence-electron chi connectivity index (χ3n) is 4.21. The lowest BCUT2D eigenvalue weighted by Crippen LogP contribution is -2.58. The Morgan fingerprint density at radius 1 is 1.33 bits per heavy atom. The van der Waals surface area contributed by atoms with Gasteiger partial charge in [0.05, 0.1) is 5.54 Å². The lowest BCUT2D eigenvalue weighted by Gasteiger charge is -2.37. The lowest BCUT2D eigenvalue weighted by molar-refractivity contribution is -0.128. The van der Waals surface area contributed by atoms with Gasteiger partial charge in [-0.05, 0) is 31.6 Å². The van der Waals surface area contributed by atoms with Gasteiger partial charge in [-0.3, -0.25) is 9.00 Å². The smallest absolute Gasteiger partial charge is 0.240 e. The van der Waals surface area contributed by atoms with Crippen molar-refractivity contribution in [3.05, 3.63) is 0 Å². The van der Waals surface area contributed by atoms with E-state index in [0.717, 1.165) is 32.1 Å². The Balaban J connectivity index is 1.88. The molecule has 0 aromatic heterocycles. The molecule has 2 atom stereocenters. The molecule has 2 rings (SSSR count). The van der Waals surface area contributed by atoms with E-state index in [4.69, 9.17) is 5.73 Å². The van der Waals surface area contributed by atoms with E-state index in [-0.39, 0.29) is 11.9 Å². The third kappa shape index (κ3) is 3.32. The molecule has 1 heterocycles. The average molecular weight is 272 g/mol. The molecule has 104 valence electrons. The summed E-state index contributed by atoms with van der Waals surface area (Å²) in [6.07, 6.45) is 5.45. The highest BCUT2D eigenvalue weighted by molar-refractivity contribution is 7.85. The summed E-state index contributed by atoms with van der Waals surface area (Å²) in [7, 11) is -0.679. The minimum Gasteiger partial charge on any atom is -0.352 e. The summed E-state index contributed by atoms with van der Waals surface area (Å²) >= 11 is 0. The van der Waals surface area contributed by atoms with Crippen LogP contribution in [0.5, 0.6) is 0 Å². The number of hydrogen-bond acceptors (Lipinski definition) is 3. The Hall–Kier alpha value is -0.420. The van der Waals surface area contributed by atoms with Crippen LogP contribution in [0.15, 0.2) is 0 Å². The van der Waals surface area contributed by atoms with Gasteiger partial charge in [-0.2, -0.15) is 0 Å². The molecule has 0 radical (unpaired) electrons. The molecule has 2 aliphatic rings. The predicted octanol–water partition coefficient (Wildman–Crippen LogP) is 0.921. The van der Waals surface area contributed by atoms with Crippen LogP contribution in [0.1, 0.15) is 45.4 Å². The molecule has 3 N–H and O–H groups in total. The van der Waals surface area contributed by atoms with Crippen molar-refractivity contribution in [3.8, 4) is 0 Å². The van der Waals surface area contributed by atoms with E-state index < -0.39 is 16.3 Å². The van der Waals surface area contributed by atoms with Gasteiger partial charge < -0.3 is 11.1 Å². The van der Waals surface area contributed by atoms with Crippen LogP contribution in [0.2, 0.25) is 0 Å². The quantitative estimate of drug-likeness (QED) is 0.785. The molecule has 1 saturated heterocycles. The van der Waals surface area contributed by atoms with Crippen molar-refractivity contribution in [1.82, 2.24) is 5.32 Å². The zero-order valence-electron chi connectivity index (χ0n) is 11.1. The number of carbonyl (C=O) groups is 1. The van der Waals surface area contributed by atoms with Crippen LogP contribution in [-0.4, -0.2) is 33.2 Å². The number of rotatable bonds is 2. The summed E-state index contributed by atoms with van der Waals surface area (Å²) in [6.45, 7) is 2.16. The fraction of sp³-hybridized carbons (Fsp3) is 0.923. The SMILES string of the molecule is CC1CCCC(N)(C(=O)NC2CCS(=O)CC2)C1. The van der Waals surface area contributed by atoms with E-state index in [2.05, 4.69) is 12.2 Å². The van der Waals surface area contributed by atoms with Crippen molar-refractivity contribution < 1.29 is 9.00 Å². The van der Waals surface area contributed by atoms with Gasteiger partial charge in [0.15, 0.2) is 0 Å². The first-order valence-corrected chi connectivity index (χ1v) is 8.43. The topological polar surface area (TPSA) is 72.2 Å². The first-order valence-electron chi connectivity index (χ1n) is 6.94. The summed E-state index contributed by atoms with van der Waals surface area (Å²) in [5.74, 6) is 1.96. The molecular formula is C13H24N2O2S. The average Bonchev–Trinajstić information content (AvgIpc) is 2.32. The monoisotopic (exact) mass is 272 g/mol. The van der Waals surface area contributed by atoms with E-state index in [0.29, 0.717) is 17.4 Å². The predicted molar refractivity (Wildman–Crippen MR) is 73.6 cm³/mol. The van der Waals surface area contributed by atoms with Crippen LogP contribution in [0.25, 0.3) is 0 Å². The van der Waals surface area contributed by atoms with Crippen molar-refractivity contribution in [2.75, 3.05) is 11.5 Å². The summed E-state index contributed by atoms with van der Waals surface area (Å²) in [5, 5.41) is 3.07. The number of nitrogens with one attached hydrogen (secondary N) is 1. The maximum atomic E-state index is 12.3. The maximum Gasteiger partial charge on any atom is 0.240 e. The van der Waals surface area contributed by atoms with Gasteiger partial charge in [0.25, 0.3) is 0 Å². The summed E-state index contributed by atoms with van der Waals surface area (Å²) in [5.41, 5.74) is 5.59. The molecule has 4 nitrogen and oxygen atoms in total. The van der Waals surface area contributed by atoms with Crippen molar-refractivity contribution in [2.24, 2.45) is 11.7 Å². The van der Waals surface area contributed by atoms with Crippen LogP contribution in [0.3, 0.4) is 0 Å². The second-order valence-corrected chi connectivity index (χ2v) is 7.65. The Labute approximate surface area is 112 Å². The van der Waals surface area contributed by atoms with E-state index in [1.54, 1.807) is 0 Å². The number of carbonyl (C=O) groups excluding carboxylic acids is 1. The van der Waals surface area contributed by atoms with E-state index in [1.165, 1.54) is 6.42 Å². The normalized spacial score (nSPS) is 41.3. The molecule has 1 saturated carbocycles. The van der Waals surface area contributed by atoms with Gasteiger partial charge in [0.2, 0.25) is 5.91 Å². The fourth-order valence-electron chi connectivity index (χ4n) is 3.07. The van der Waals surface area contributed by atoms with Gasteiger partial charge in [0.1, 0.15) is 0 Å². The largest absolute Gasteiger partial charge is 0.352 e. The minimum atomic E-state index is -0.679. The number of hydrogen-bond donors (Lipinski definition) is 2. The zero-order chi connectivity index (χ0) is 13.2. The Morgan fingerprint density at radius 2 is 2.00 bits per heavy atom. The molecule has 0 aromatic carbocycles. The van der Waals surface area contributed by atoms with Crippen LogP contribution in [-0.2, 0) is 15.6 Å². The maximum absolute atomic E-state index is 12.3. The number of amides is 1. The summed E-state index contributed by atoms with van der Waals surface area (Å²) in [6, 6.07) is 0.174. The molecule has 2 unspecified atom stereocenters. The van der Waals surface area contributed by atoms with Gasteiger partial charge in [0, 0.05) is 28.3 Å². The molecule has 0 spiro atoms. The highest BCUT2D eigenvalue weighted by atomic mass is 32.2. The van der Waals surface area contributed by atoms with Crippen molar-refractivity contribution in [3.63, 3.8) is 0 Å². The van der Waals surface area contributed by atoms with Crippen molar-refractivity contribution in [1.29, 1.82) is 0 Å². The van der Waals surface area contributed by atoms with Crippen LogP contribution >= 0.6 is 0 Å². The highest BCUT2D eigenvalue weighted by Gasteiger charge is 2.38. The first-order chi connectivity index (χ1) is 8.49. The third-order valence-corrected chi connectivity index (χ3v) is 5.59. The first kappa shape index (κ1) is 14.0. The fourth-order valence-corrected chi connectivity index (χ4v) is 4.36. The Kier molecular flexibility index (Phi) is 4.43. The molecule has 1 amide bonds. The van der Waals surface area contributed by atoms with Gasteiger partial charge in [-0.25, -0.2) is 0 Å². The Bertz CT molecular complexity index is 338. The highest BCUT2D eigenvalue weighted by Crippen LogP contribution is 2.30. The van der Waals surface area contributed by atoms with Crippen LogP contribution < -0.4 is 11.1 Å². The molecule has 1 aliphatic heterocycles. The second-order valence-electron chi connectivity index (χ2n) is 5.95. The summed E-state index contributed by atoms with van der Waals surface area (Å²) < 4.78 is 11.3. The van der Waals surface area contributed by atoms with Gasteiger partial charge >= 0.3 is 0 Å². The lowest BCUT2D eigenvalue weighted by atomic mass is 9.76. The molecule has 5 heteroatoms. The van der Waals surface area contributed by atoms with Gasteiger partial charge in [-0.15, -0.1) is 0 Å². The second kappa shape index (κ2) is 5.70. The standard InChI is InChI=1S/C13H24N2O2S/c1-10-3-2-6-13(14,9-10)12(16)15-11-4-7-18(17)8-5-11/h10-11H,2-9,14H2,1H3,(H,15,16). The van der Waals surface area contributed by atoms with Crippen molar-refractivity contribution in [2.45, 2.75) is 57.0 Å². The molecule has 1 aliphatic carbocycles. The summed E-state index contributed by atoms with van der Waals surface area (Å²) in [4.78, 5) is 12.3.